The average Bonchev–Trinajstić information content (AvgIpc) is 2.93. The van der Waals surface area contributed by atoms with Gasteiger partial charge in [-0.3, -0.25) is 0 Å². The van der Waals surface area contributed by atoms with Crippen molar-refractivity contribution in [3.8, 4) is 0 Å². The van der Waals surface area contributed by atoms with Crippen molar-refractivity contribution in [2.45, 2.75) is 50.3 Å². The number of ether oxygens (including phenoxy) is 5. The van der Waals surface area contributed by atoms with Crippen molar-refractivity contribution in [1.29, 1.82) is 0 Å². The predicted molar refractivity (Wildman–Crippen MR) is 135 cm³/mol. The van der Waals surface area contributed by atoms with Crippen LogP contribution in [0.5, 0.6) is 0 Å². The van der Waals surface area contributed by atoms with Gasteiger partial charge in [0.1, 0.15) is 18.3 Å². The highest BCUT2D eigenvalue weighted by atomic mass is 16.6. The van der Waals surface area contributed by atoms with E-state index in [1.54, 1.807) is 0 Å². The standard InChI is InChI=1S/C29H33NO6/c1-32-29(31)28-25(30)27(35-19-23-15-9-4-10-16-23)26(34-18-22-13-7-3-8-14-22)24(36-28)20-33-17-21-11-5-2-6-12-21/h2-16,24-28H,17-20,30H2,1H3/t24-,25?,26?,27?,28-/m1/s1. The van der Waals surface area contributed by atoms with Gasteiger partial charge in [0.05, 0.1) is 39.6 Å². The number of carbonyl (C=O) groups is 1. The topological polar surface area (TPSA) is 89.2 Å². The van der Waals surface area contributed by atoms with E-state index in [9.17, 15) is 4.79 Å². The van der Waals surface area contributed by atoms with Crippen molar-refractivity contribution >= 4 is 5.97 Å². The van der Waals surface area contributed by atoms with Crippen LogP contribution in [0.4, 0.5) is 0 Å². The number of carbonyl (C=O) groups excluding carboxylic acids is 1. The molecule has 4 rings (SSSR count). The molecule has 7 nitrogen and oxygen atoms in total. The molecular formula is C29H33NO6. The Morgan fingerprint density at radius 2 is 1.22 bits per heavy atom. The van der Waals surface area contributed by atoms with E-state index in [1.807, 2.05) is 91.0 Å². The smallest absolute Gasteiger partial charge is 0.336 e. The Bertz CT molecular complexity index is 1050. The fourth-order valence-corrected chi connectivity index (χ4v) is 4.23. The summed E-state index contributed by atoms with van der Waals surface area (Å²) < 4.78 is 29.8. The van der Waals surface area contributed by atoms with Crippen LogP contribution in [-0.4, -0.2) is 50.1 Å². The third-order valence-corrected chi connectivity index (χ3v) is 6.14. The summed E-state index contributed by atoms with van der Waals surface area (Å²) in [6, 6.07) is 28.7. The highest BCUT2D eigenvalue weighted by Crippen LogP contribution is 2.28. The van der Waals surface area contributed by atoms with Crippen molar-refractivity contribution in [1.82, 2.24) is 0 Å². The van der Waals surface area contributed by atoms with E-state index in [0.29, 0.717) is 19.8 Å². The molecule has 3 unspecified atom stereocenters. The van der Waals surface area contributed by atoms with Crippen LogP contribution in [0.15, 0.2) is 91.0 Å². The van der Waals surface area contributed by atoms with Gasteiger partial charge in [-0.15, -0.1) is 0 Å². The summed E-state index contributed by atoms with van der Waals surface area (Å²) in [6.45, 7) is 1.25. The third-order valence-electron chi connectivity index (χ3n) is 6.14. The Kier molecular flexibility index (Phi) is 9.61. The van der Waals surface area contributed by atoms with E-state index >= 15 is 0 Å². The van der Waals surface area contributed by atoms with Crippen molar-refractivity contribution < 1.29 is 28.5 Å². The lowest BCUT2D eigenvalue weighted by Crippen LogP contribution is -2.65. The maximum absolute atomic E-state index is 12.6. The molecule has 190 valence electrons. The van der Waals surface area contributed by atoms with E-state index in [2.05, 4.69) is 0 Å². The molecule has 1 heterocycles. The van der Waals surface area contributed by atoms with Crippen LogP contribution in [0.1, 0.15) is 16.7 Å². The molecule has 0 aromatic heterocycles. The van der Waals surface area contributed by atoms with Crippen LogP contribution in [0, 0.1) is 0 Å². The first-order valence-electron chi connectivity index (χ1n) is 12.1. The Labute approximate surface area is 212 Å². The molecule has 7 heteroatoms. The summed E-state index contributed by atoms with van der Waals surface area (Å²) >= 11 is 0. The molecule has 2 N–H and O–H groups in total. The third kappa shape index (κ3) is 7.00. The molecule has 0 amide bonds. The summed E-state index contributed by atoms with van der Waals surface area (Å²) in [7, 11) is 1.32. The Morgan fingerprint density at radius 1 is 0.750 bits per heavy atom. The molecule has 0 radical (unpaired) electrons. The van der Waals surface area contributed by atoms with E-state index in [4.69, 9.17) is 29.4 Å². The van der Waals surface area contributed by atoms with Crippen molar-refractivity contribution in [2.75, 3.05) is 13.7 Å². The van der Waals surface area contributed by atoms with E-state index in [-0.39, 0.29) is 6.61 Å². The fraction of sp³-hybridized carbons (Fsp3) is 0.345. The highest BCUT2D eigenvalue weighted by molar-refractivity contribution is 5.75. The second-order valence-electron chi connectivity index (χ2n) is 8.72. The van der Waals surface area contributed by atoms with Crippen LogP contribution in [0.3, 0.4) is 0 Å². The molecule has 0 spiro atoms. The predicted octanol–water partition coefficient (Wildman–Crippen LogP) is 3.64. The zero-order valence-corrected chi connectivity index (χ0v) is 20.4. The quantitative estimate of drug-likeness (QED) is 0.410. The van der Waals surface area contributed by atoms with Gasteiger partial charge >= 0.3 is 5.97 Å². The SMILES string of the molecule is COC(=O)[C@@H]1O[C@H](COCc2ccccc2)C(OCc2ccccc2)C(OCc2ccccc2)C1N. The normalized spacial score (nSPS) is 23.8. The molecule has 1 aliphatic heterocycles. The van der Waals surface area contributed by atoms with Gasteiger partial charge in [-0.1, -0.05) is 91.0 Å². The molecule has 0 saturated carbocycles. The maximum atomic E-state index is 12.6. The summed E-state index contributed by atoms with van der Waals surface area (Å²) in [5.41, 5.74) is 9.57. The van der Waals surface area contributed by atoms with E-state index in [0.717, 1.165) is 16.7 Å². The molecule has 3 aromatic rings. The van der Waals surface area contributed by atoms with Crippen LogP contribution < -0.4 is 5.73 Å². The minimum absolute atomic E-state index is 0.194. The first-order chi connectivity index (χ1) is 17.7. The van der Waals surface area contributed by atoms with Gasteiger partial charge in [0.2, 0.25) is 0 Å². The second-order valence-corrected chi connectivity index (χ2v) is 8.72. The monoisotopic (exact) mass is 491 g/mol. The lowest BCUT2D eigenvalue weighted by Gasteiger charge is -2.44. The molecule has 5 atom stereocenters. The van der Waals surface area contributed by atoms with Crippen LogP contribution in [-0.2, 0) is 48.3 Å². The summed E-state index contributed by atoms with van der Waals surface area (Å²) in [5.74, 6) is -0.551. The zero-order valence-electron chi connectivity index (χ0n) is 20.4. The molecule has 1 aliphatic rings. The number of rotatable bonds is 11. The Hall–Kier alpha value is -3.07. The molecule has 0 aliphatic carbocycles. The van der Waals surface area contributed by atoms with Gasteiger partial charge in [-0.25, -0.2) is 4.79 Å². The van der Waals surface area contributed by atoms with Crippen LogP contribution in [0.25, 0.3) is 0 Å². The minimum atomic E-state index is -1.00. The van der Waals surface area contributed by atoms with Gasteiger partial charge in [-0.05, 0) is 16.7 Å². The van der Waals surface area contributed by atoms with Crippen molar-refractivity contribution in [3.05, 3.63) is 108 Å². The summed E-state index contributed by atoms with van der Waals surface area (Å²) in [6.07, 6.45) is -2.79. The Morgan fingerprint density at radius 3 is 1.72 bits per heavy atom. The number of methoxy groups -OCH3 is 1. The second kappa shape index (κ2) is 13.3. The molecular weight excluding hydrogens is 458 g/mol. The van der Waals surface area contributed by atoms with Gasteiger partial charge in [-0.2, -0.15) is 0 Å². The summed E-state index contributed by atoms with van der Waals surface area (Å²) in [5, 5.41) is 0. The van der Waals surface area contributed by atoms with Gasteiger partial charge < -0.3 is 29.4 Å². The highest BCUT2D eigenvalue weighted by Gasteiger charge is 2.49. The number of benzene rings is 3. The number of hydrogen-bond donors (Lipinski definition) is 1. The Balaban J connectivity index is 1.53. The average molecular weight is 492 g/mol. The molecule has 0 bridgehead atoms. The van der Waals surface area contributed by atoms with Gasteiger partial charge in [0, 0.05) is 0 Å². The number of esters is 1. The van der Waals surface area contributed by atoms with E-state index < -0.39 is 36.4 Å². The maximum Gasteiger partial charge on any atom is 0.336 e. The van der Waals surface area contributed by atoms with Gasteiger partial charge in [0.25, 0.3) is 0 Å². The van der Waals surface area contributed by atoms with Gasteiger partial charge in [0.15, 0.2) is 6.10 Å². The molecule has 1 fully saturated rings. The van der Waals surface area contributed by atoms with Crippen molar-refractivity contribution in [2.24, 2.45) is 5.73 Å². The molecule has 1 saturated heterocycles. The fourth-order valence-electron chi connectivity index (χ4n) is 4.23. The van der Waals surface area contributed by atoms with Crippen molar-refractivity contribution in [3.63, 3.8) is 0 Å². The first-order valence-corrected chi connectivity index (χ1v) is 12.1. The minimum Gasteiger partial charge on any atom is -0.467 e. The van der Waals surface area contributed by atoms with Crippen LogP contribution >= 0.6 is 0 Å². The molecule has 3 aromatic carbocycles. The number of nitrogens with two attached hydrogens (primary N) is 1. The largest absolute Gasteiger partial charge is 0.467 e. The van der Waals surface area contributed by atoms with E-state index in [1.165, 1.54) is 7.11 Å². The lowest BCUT2D eigenvalue weighted by atomic mass is 9.92. The van der Waals surface area contributed by atoms with Crippen LogP contribution in [0.2, 0.25) is 0 Å². The lowest BCUT2D eigenvalue weighted by molar-refractivity contribution is -0.232. The zero-order chi connectivity index (χ0) is 25.2. The first kappa shape index (κ1) is 26.0. The molecule has 36 heavy (non-hydrogen) atoms. The number of hydrogen-bond acceptors (Lipinski definition) is 7. The summed E-state index contributed by atoms with van der Waals surface area (Å²) in [4.78, 5) is 12.6.